The molecule has 3 saturated carbocycles. The number of Topliss-reactive ketones (excluding diaryl/α,β-unsaturated/α-hetero) is 1. The highest BCUT2D eigenvalue weighted by Crippen LogP contribution is 2.64. The standard InChI is InChI=1S/C24H36N2O2/c1-23-10-7-17(26-15-28-18-9-12-25-14-18)13-16(23)3-4-19-20-5-6-22(27)24(20,2)11-8-21(19)23/h13,18-21,25H,3-12,14-15H2,1-2H3/b26-17+/t18?,19?,20?,21?,23-,24-/m0/s1. The number of ether oxygens (including phenoxy) is 1. The topological polar surface area (TPSA) is 50.7 Å². The normalized spacial score (nSPS) is 46.9. The van der Waals surface area contributed by atoms with E-state index in [1.165, 1.54) is 31.4 Å². The summed E-state index contributed by atoms with van der Waals surface area (Å²) in [5, 5.41) is 3.34. The second-order valence-electron chi connectivity index (χ2n) is 10.5. The fraction of sp³-hybridized carbons (Fsp3) is 0.833. The van der Waals surface area contributed by atoms with E-state index in [2.05, 4.69) is 25.2 Å². The Kier molecular flexibility index (Phi) is 4.78. The second-order valence-corrected chi connectivity index (χ2v) is 10.5. The van der Waals surface area contributed by atoms with Crippen molar-refractivity contribution in [2.45, 2.75) is 77.7 Å². The number of hydrogen-bond donors (Lipinski definition) is 1. The van der Waals surface area contributed by atoms with Gasteiger partial charge in [-0.2, -0.15) is 0 Å². The Balaban J connectivity index is 1.31. The van der Waals surface area contributed by atoms with E-state index in [4.69, 9.17) is 9.73 Å². The van der Waals surface area contributed by atoms with Crippen LogP contribution in [0.3, 0.4) is 0 Å². The largest absolute Gasteiger partial charge is 0.355 e. The first-order valence-electron chi connectivity index (χ1n) is 11.6. The van der Waals surface area contributed by atoms with Crippen LogP contribution in [0.15, 0.2) is 16.6 Å². The second kappa shape index (κ2) is 7.05. The lowest BCUT2D eigenvalue weighted by Crippen LogP contribution is -2.50. The molecule has 0 spiro atoms. The van der Waals surface area contributed by atoms with Crippen LogP contribution in [0.4, 0.5) is 0 Å². The fourth-order valence-electron chi connectivity index (χ4n) is 7.46. The molecule has 4 aliphatic carbocycles. The molecule has 0 aromatic rings. The molecule has 0 aromatic heterocycles. The number of nitrogens with one attached hydrogen (secondary N) is 1. The van der Waals surface area contributed by atoms with Crippen LogP contribution >= 0.6 is 0 Å². The van der Waals surface area contributed by atoms with Crippen molar-refractivity contribution in [3.05, 3.63) is 11.6 Å². The van der Waals surface area contributed by atoms with Crippen LogP contribution < -0.4 is 5.32 Å². The molecule has 1 aliphatic heterocycles. The third-order valence-corrected chi connectivity index (χ3v) is 9.28. The fourth-order valence-corrected chi connectivity index (χ4v) is 7.46. The maximum absolute atomic E-state index is 12.6. The highest BCUT2D eigenvalue weighted by atomic mass is 16.5. The lowest BCUT2D eigenvalue weighted by atomic mass is 9.47. The molecule has 0 radical (unpaired) electrons. The van der Waals surface area contributed by atoms with Crippen LogP contribution in [-0.4, -0.2) is 37.4 Å². The molecule has 6 atom stereocenters. The van der Waals surface area contributed by atoms with E-state index in [0.717, 1.165) is 57.0 Å². The van der Waals surface area contributed by atoms with Gasteiger partial charge in [-0.15, -0.1) is 0 Å². The molecule has 4 fully saturated rings. The first kappa shape index (κ1) is 19.0. The summed E-state index contributed by atoms with van der Waals surface area (Å²) in [6.45, 7) is 7.35. The van der Waals surface area contributed by atoms with Gasteiger partial charge in [0.15, 0.2) is 0 Å². The first-order valence-corrected chi connectivity index (χ1v) is 11.6. The Bertz CT molecular complexity index is 707. The molecule has 4 unspecified atom stereocenters. The zero-order valence-electron chi connectivity index (χ0n) is 17.6. The smallest absolute Gasteiger partial charge is 0.139 e. The highest BCUT2D eigenvalue weighted by Gasteiger charge is 2.58. The Hall–Kier alpha value is -1.00. The summed E-state index contributed by atoms with van der Waals surface area (Å²) in [6, 6.07) is 0. The van der Waals surface area contributed by atoms with E-state index in [0.29, 0.717) is 30.0 Å². The zero-order chi connectivity index (χ0) is 19.4. The Morgan fingerprint density at radius 3 is 2.75 bits per heavy atom. The average Bonchev–Trinajstić information content (AvgIpc) is 3.30. The number of carbonyl (C=O) groups is 1. The van der Waals surface area contributed by atoms with Crippen LogP contribution in [0, 0.1) is 28.6 Å². The molecule has 1 heterocycles. The number of aliphatic imine (C=N–C) groups is 1. The summed E-state index contributed by atoms with van der Waals surface area (Å²) in [4.78, 5) is 17.4. The minimum atomic E-state index is -0.00748. The molecule has 28 heavy (non-hydrogen) atoms. The number of hydrogen-bond acceptors (Lipinski definition) is 4. The van der Waals surface area contributed by atoms with Gasteiger partial charge < -0.3 is 10.1 Å². The van der Waals surface area contributed by atoms with Crippen LogP contribution in [0.5, 0.6) is 0 Å². The summed E-state index contributed by atoms with van der Waals surface area (Å²) in [5.74, 6) is 2.71. The molecule has 4 heteroatoms. The molecule has 0 aromatic carbocycles. The minimum Gasteiger partial charge on any atom is -0.355 e. The summed E-state index contributed by atoms with van der Waals surface area (Å²) in [7, 11) is 0. The average molecular weight is 385 g/mol. The van der Waals surface area contributed by atoms with Crippen molar-refractivity contribution >= 4 is 11.5 Å². The maximum Gasteiger partial charge on any atom is 0.139 e. The van der Waals surface area contributed by atoms with Crippen LogP contribution in [0.1, 0.15) is 71.6 Å². The Morgan fingerprint density at radius 2 is 1.93 bits per heavy atom. The monoisotopic (exact) mass is 384 g/mol. The van der Waals surface area contributed by atoms with E-state index in [1.807, 2.05) is 0 Å². The van der Waals surface area contributed by atoms with E-state index in [-0.39, 0.29) is 5.41 Å². The van der Waals surface area contributed by atoms with Crippen molar-refractivity contribution in [1.82, 2.24) is 5.32 Å². The van der Waals surface area contributed by atoms with Gasteiger partial charge in [0.2, 0.25) is 0 Å². The summed E-state index contributed by atoms with van der Waals surface area (Å²) in [6.07, 6.45) is 13.0. The molecule has 5 aliphatic rings. The molecule has 1 saturated heterocycles. The van der Waals surface area contributed by atoms with E-state index < -0.39 is 0 Å². The van der Waals surface area contributed by atoms with Gasteiger partial charge in [0.05, 0.1) is 6.10 Å². The SMILES string of the molecule is C[C@]12CC/C(=N\COC3CCNC3)C=C1CCC1C2CC[C@]2(C)C(=O)CCC12. The van der Waals surface area contributed by atoms with Crippen molar-refractivity contribution < 1.29 is 9.53 Å². The lowest BCUT2D eigenvalue weighted by Gasteiger charge is -2.57. The minimum absolute atomic E-state index is 0.00748. The Labute approximate surface area is 169 Å². The third-order valence-electron chi connectivity index (χ3n) is 9.28. The van der Waals surface area contributed by atoms with Crippen molar-refractivity contribution in [3.63, 3.8) is 0 Å². The summed E-state index contributed by atoms with van der Waals surface area (Å²) < 4.78 is 5.91. The van der Waals surface area contributed by atoms with Crippen molar-refractivity contribution in [2.24, 2.45) is 33.6 Å². The number of rotatable bonds is 3. The van der Waals surface area contributed by atoms with E-state index in [9.17, 15) is 4.79 Å². The predicted octanol–water partition coefficient (Wildman–Crippen LogP) is 4.30. The first-order chi connectivity index (χ1) is 13.5. The van der Waals surface area contributed by atoms with Crippen LogP contribution in [-0.2, 0) is 9.53 Å². The van der Waals surface area contributed by atoms with E-state index in [1.54, 1.807) is 5.57 Å². The molecule has 1 N–H and O–H groups in total. The number of ketones is 1. The molecule has 0 amide bonds. The molecule has 5 rings (SSSR count). The zero-order valence-corrected chi connectivity index (χ0v) is 17.6. The van der Waals surface area contributed by atoms with Gasteiger partial charge in [-0.05, 0) is 87.2 Å². The Morgan fingerprint density at radius 1 is 1.07 bits per heavy atom. The van der Waals surface area contributed by atoms with Gasteiger partial charge >= 0.3 is 0 Å². The van der Waals surface area contributed by atoms with Crippen molar-refractivity contribution in [3.8, 4) is 0 Å². The lowest BCUT2D eigenvalue weighted by molar-refractivity contribution is -0.132. The summed E-state index contributed by atoms with van der Waals surface area (Å²) in [5.41, 5.74) is 3.19. The van der Waals surface area contributed by atoms with Gasteiger partial charge in [0.1, 0.15) is 12.5 Å². The van der Waals surface area contributed by atoms with Gasteiger partial charge in [-0.1, -0.05) is 19.4 Å². The third kappa shape index (κ3) is 2.94. The van der Waals surface area contributed by atoms with Gasteiger partial charge in [0, 0.05) is 24.1 Å². The number of carbonyl (C=O) groups excluding carboxylic acids is 1. The number of nitrogens with zero attached hydrogens (tertiary/aromatic N) is 1. The summed E-state index contributed by atoms with van der Waals surface area (Å²) >= 11 is 0. The molecule has 4 nitrogen and oxygen atoms in total. The quantitative estimate of drug-likeness (QED) is 0.789. The van der Waals surface area contributed by atoms with Crippen LogP contribution in [0.2, 0.25) is 0 Å². The van der Waals surface area contributed by atoms with Crippen molar-refractivity contribution in [2.75, 3.05) is 19.8 Å². The molecule has 0 bridgehead atoms. The van der Waals surface area contributed by atoms with Crippen molar-refractivity contribution in [1.29, 1.82) is 0 Å². The van der Waals surface area contributed by atoms with E-state index >= 15 is 0 Å². The number of allylic oxidation sites excluding steroid dienone is 2. The van der Waals surface area contributed by atoms with Crippen LogP contribution in [0.25, 0.3) is 0 Å². The highest BCUT2D eigenvalue weighted by molar-refractivity contribution is 5.96. The van der Waals surface area contributed by atoms with Gasteiger partial charge in [-0.3, -0.25) is 9.79 Å². The van der Waals surface area contributed by atoms with Gasteiger partial charge in [0.25, 0.3) is 0 Å². The predicted molar refractivity (Wildman–Crippen MR) is 111 cm³/mol. The number of fused-ring (bicyclic) bond motifs is 5. The molecular weight excluding hydrogens is 348 g/mol. The maximum atomic E-state index is 12.6. The van der Waals surface area contributed by atoms with Gasteiger partial charge in [-0.25, -0.2) is 0 Å². The molecule has 154 valence electrons. The molecular formula is C24H36N2O2.